The van der Waals surface area contributed by atoms with Crippen molar-refractivity contribution in [3.8, 4) is 11.5 Å². The number of rotatable bonds is 9. The highest BCUT2D eigenvalue weighted by Gasteiger charge is 2.39. The Labute approximate surface area is 246 Å². The van der Waals surface area contributed by atoms with Crippen molar-refractivity contribution in [1.82, 2.24) is 20.0 Å². The average molecular weight is 569 g/mol. The van der Waals surface area contributed by atoms with Gasteiger partial charge < -0.3 is 19.7 Å². The maximum absolute atomic E-state index is 13.5. The molecule has 1 N–H and O–H groups in total. The predicted octanol–water partition coefficient (Wildman–Crippen LogP) is 4.84. The summed E-state index contributed by atoms with van der Waals surface area (Å²) in [5.41, 5.74) is 2.40. The lowest BCUT2D eigenvalue weighted by molar-refractivity contribution is -0.139. The number of carbonyl (C=O) groups excluding carboxylic acids is 3. The van der Waals surface area contributed by atoms with Crippen LogP contribution in [0.2, 0.25) is 0 Å². The number of benzene rings is 3. The first-order valence-corrected chi connectivity index (χ1v) is 14.4. The highest BCUT2D eigenvalue weighted by atomic mass is 16.5. The van der Waals surface area contributed by atoms with Crippen molar-refractivity contribution < 1.29 is 23.9 Å². The molecule has 5 rings (SSSR count). The van der Waals surface area contributed by atoms with Gasteiger partial charge in [0.1, 0.15) is 11.5 Å². The van der Waals surface area contributed by atoms with Crippen LogP contribution in [-0.2, 0) is 9.53 Å². The number of esters is 1. The van der Waals surface area contributed by atoms with Crippen LogP contribution in [0.1, 0.15) is 35.8 Å². The van der Waals surface area contributed by atoms with E-state index in [-0.39, 0.29) is 18.5 Å². The molecule has 42 heavy (non-hydrogen) atoms. The van der Waals surface area contributed by atoms with E-state index in [9.17, 15) is 14.4 Å². The van der Waals surface area contributed by atoms with Crippen LogP contribution in [0.4, 0.5) is 4.79 Å². The van der Waals surface area contributed by atoms with E-state index in [0.717, 1.165) is 0 Å². The van der Waals surface area contributed by atoms with E-state index >= 15 is 0 Å². The van der Waals surface area contributed by atoms with E-state index in [2.05, 4.69) is 10.2 Å². The number of likely N-dealkylation sites (N-methyl/N-ethyl adjacent to an activating group) is 1. The van der Waals surface area contributed by atoms with Gasteiger partial charge in [0.15, 0.2) is 0 Å². The molecule has 9 heteroatoms. The van der Waals surface area contributed by atoms with Gasteiger partial charge in [-0.05, 0) is 55.8 Å². The zero-order valence-electron chi connectivity index (χ0n) is 24.0. The molecule has 9 nitrogen and oxygen atoms in total. The fourth-order valence-electron chi connectivity index (χ4n) is 5.37. The Morgan fingerprint density at radius 1 is 0.857 bits per heavy atom. The van der Waals surface area contributed by atoms with Crippen molar-refractivity contribution in [1.29, 1.82) is 0 Å². The Morgan fingerprint density at radius 2 is 1.52 bits per heavy atom. The van der Waals surface area contributed by atoms with E-state index in [1.807, 2.05) is 96.8 Å². The molecule has 0 radical (unpaired) electrons. The molecule has 1 fully saturated rings. The van der Waals surface area contributed by atoms with Gasteiger partial charge in [-0.3, -0.25) is 14.6 Å². The molecule has 1 atom stereocenters. The second-order valence-electron chi connectivity index (χ2n) is 10.1. The summed E-state index contributed by atoms with van der Waals surface area (Å²) in [6, 6.07) is 25.1. The van der Waals surface area contributed by atoms with Gasteiger partial charge in [0.25, 0.3) is 5.91 Å². The molecule has 2 aliphatic heterocycles. The summed E-state index contributed by atoms with van der Waals surface area (Å²) < 4.78 is 11.6. The number of hydrogen-bond acceptors (Lipinski definition) is 6. The summed E-state index contributed by atoms with van der Waals surface area (Å²) in [4.78, 5) is 45.5. The zero-order chi connectivity index (χ0) is 29.5. The number of para-hydroxylation sites is 1. The van der Waals surface area contributed by atoms with Crippen molar-refractivity contribution in [3.05, 3.63) is 107 Å². The Morgan fingerprint density at radius 3 is 2.19 bits per heavy atom. The van der Waals surface area contributed by atoms with Gasteiger partial charge in [0, 0.05) is 50.5 Å². The van der Waals surface area contributed by atoms with Crippen LogP contribution in [0.3, 0.4) is 0 Å². The first-order valence-electron chi connectivity index (χ1n) is 14.4. The smallest absolute Gasteiger partial charge is 0.338 e. The number of nitrogens with one attached hydrogen (secondary N) is 1. The third-order valence-corrected chi connectivity index (χ3v) is 7.47. The molecule has 3 aromatic carbocycles. The third kappa shape index (κ3) is 6.47. The quantitative estimate of drug-likeness (QED) is 0.372. The lowest BCUT2D eigenvalue weighted by atomic mass is 9.94. The summed E-state index contributed by atoms with van der Waals surface area (Å²) in [6.45, 7) is 6.95. The zero-order valence-corrected chi connectivity index (χ0v) is 24.0. The molecular weight excluding hydrogens is 532 g/mol. The molecule has 0 aromatic heterocycles. The molecule has 2 aliphatic rings. The van der Waals surface area contributed by atoms with Gasteiger partial charge in [-0.15, -0.1) is 0 Å². The number of urea groups is 1. The normalized spacial score (nSPS) is 17.6. The molecule has 0 spiro atoms. The maximum Gasteiger partial charge on any atom is 0.338 e. The minimum absolute atomic E-state index is 0.00609. The summed E-state index contributed by atoms with van der Waals surface area (Å²) in [7, 11) is 0. The maximum atomic E-state index is 13.5. The fraction of sp³-hybridized carbons (Fsp3) is 0.303. The topological polar surface area (TPSA) is 91.4 Å². The van der Waals surface area contributed by atoms with Crippen molar-refractivity contribution in [2.75, 3.05) is 45.9 Å². The third-order valence-electron chi connectivity index (χ3n) is 7.47. The fourth-order valence-corrected chi connectivity index (χ4v) is 5.37. The Bertz CT molecular complexity index is 1440. The van der Waals surface area contributed by atoms with Crippen LogP contribution in [0.5, 0.6) is 11.5 Å². The molecule has 0 saturated carbocycles. The van der Waals surface area contributed by atoms with Crippen LogP contribution in [0, 0.1) is 0 Å². The molecule has 218 valence electrons. The van der Waals surface area contributed by atoms with Crippen molar-refractivity contribution >= 4 is 17.9 Å². The molecule has 1 saturated heterocycles. The van der Waals surface area contributed by atoms with E-state index in [0.29, 0.717) is 73.2 Å². The monoisotopic (exact) mass is 568 g/mol. The molecular formula is C33H36N4O5. The van der Waals surface area contributed by atoms with Crippen LogP contribution >= 0.6 is 0 Å². The van der Waals surface area contributed by atoms with Gasteiger partial charge >= 0.3 is 12.0 Å². The number of nitrogens with zero attached hydrogens (tertiary/aromatic N) is 3. The lowest BCUT2D eigenvalue weighted by Crippen LogP contribution is -2.53. The van der Waals surface area contributed by atoms with Crippen molar-refractivity contribution in [3.63, 3.8) is 0 Å². The van der Waals surface area contributed by atoms with Crippen LogP contribution < -0.4 is 10.1 Å². The largest absolute Gasteiger partial charge is 0.463 e. The number of piperazine rings is 1. The first kappa shape index (κ1) is 28.9. The Hall–Kier alpha value is -4.63. The summed E-state index contributed by atoms with van der Waals surface area (Å²) in [5, 5.41) is 3.02. The van der Waals surface area contributed by atoms with Crippen LogP contribution in [0.25, 0.3) is 0 Å². The molecule has 2 heterocycles. The molecule has 0 aliphatic carbocycles. The number of carbonyl (C=O) groups is 3. The van der Waals surface area contributed by atoms with Gasteiger partial charge in [-0.1, -0.05) is 48.5 Å². The van der Waals surface area contributed by atoms with Crippen LogP contribution in [-0.4, -0.2) is 78.5 Å². The van der Waals surface area contributed by atoms with E-state index in [4.69, 9.17) is 9.47 Å². The summed E-state index contributed by atoms with van der Waals surface area (Å²) >= 11 is 0. The van der Waals surface area contributed by atoms with Gasteiger partial charge in [-0.25, -0.2) is 9.59 Å². The average Bonchev–Trinajstić information content (AvgIpc) is 3.02. The van der Waals surface area contributed by atoms with E-state index < -0.39 is 12.0 Å². The van der Waals surface area contributed by atoms with Gasteiger partial charge in [0.2, 0.25) is 0 Å². The lowest BCUT2D eigenvalue weighted by Gasteiger charge is -2.40. The minimum Gasteiger partial charge on any atom is -0.463 e. The minimum atomic E-state index is -0.713. The van der Waals surface area contributed by atoms with Gasteiger partial charge in [0.05, 0.1) is 18.2 Å². The molecule has 0 bridgehead atoms. The van der Waals surface area contributed by atoms with Crippen molar-refractivity contribution in [2.45, 2.75) is 19.9 Å². The predicted molar refractivity (Wildman–Crippen MR) is 159 cm³/mol. The first-order chi connectivity index (χ1) is 20.5. The highest BCUT2D eigenvalue weighted by molar-refractivity contribution is 5.95. The van der Waals surface area contributed by atoms with E-state index in [1.54, 1.807) is 11.8 Å². The number of hydrogen-bond donors (Lipinski definition) is 1. The number of amides is 3. The molecule has 1 unspecified atom stereocenters. The number of ether oxygens (including phenoxy) is 2. The van der Waals surface area contributed by atoms with Crippen molar-refractivity contribution in [2.24, 2.45) is 0 Å². The second kappa shape index (κ2) is 13.4. The Kier molecular flexibility index (Phi) is 9.18. The summed E-state index contributed by atoms with van der Waals surface area (Å²) in [5.74, 6) is 0.816. The SMILES string of the molecule is CCOC(=O)C1=C(CN2CCN(C(=O)c3ccccc3)CC2)N(CC)C(=O)NC1c1cccc(Oc2ccccc2)c1. The molecule has 3 amide bonds. The van der Waals surface area contributed by atoms with Crippen LogP contribution in [0.15, 0.2) is 96.2 Å². The van der Waals surface area contributed by atoms with E-state index in [1.165, 1.54) is 0 Å². The molecule has 3 aromatic rings. The summed E-state index contributed by atoms with van der Waals surface area (Å²) in [6.07, 6.45) is 0. The van der Waals surface area contributed by atoms with Gasteiger partial charge in [-0.2, -0.15) is 0 Å². The highest BCUT2D eigenvalue weighted by Crippen LogP contribution is 2.34. The standard InChI is InChI=1S/C33H36N4O5/c1-3-37-28(23-35-18-20-36(21-19-35)31(38)24-12-7-5-8-13-24)29(32(39)41-4-2)30(34-33(37)40)25-14-11-17-27(22-25)42-26-15-9-6-10-16-26/h5-17,22,30H,3-4,18-21,23H2,1-2H3,(H,34,40). The second-order valence-corrected chi connectivity index (χ2v) is 10.1. The Balaban J connectivity index is 1.42.